The fourth-order valence-electron chi connectivity index (χ4n) is 7.20. The van der Waals surface area contributed by atoms with Gasteiger partial charge in [0.25, 0.3) is 0 Å². The maximum atomic E-state index is 10.6. The molecule has 3 aliphatic rings. The summed E-state index contributed by atoms with van der Waals surface area (Å²) in [5, 5.41) is 39.9. The van der Waals surface area contributed by atoms with Crippen LogP contribution in [0.3, 0.4) is 0 Å². The van der Waals surface area contributed by atoms with Crippen LogP contribution in [-0.4, -0.2) is 45.3 Å². The van der Waals surface area contributed by atoms with Gasteiger partial charge in [-0.3, -0.25) is 0 Å². The van der Waals surface area contributed by atoms with Crippen molar-refractivity contribution >= 4 is 0 Å². The molecule has 0 amide bonds. The molecule has 182 valence electrons. The number of hydrogen-bond donors (Lipinski definition) is 4. The third-order valence-corrected chi connectivity index (χ3v) is 9.07. The molecule has 4 nitrogen and oxygen atoms in total. The van der Waals surface area contributed by atoms with Crippen molar-refractivity contribution in [2.24, 2.45) is 29.1 Å². The van der Waals surface area contributed by atoms with Gasteiger partial charge in [0.1, 0.15) is 0 Å². The third kappa shape index (κ3) is 5.41. The third-order valence-electron chi connectivity index (χ3n) is 9.07. The summed E-state index contributed by atoms with van der Waals surface area (Å²) >= 11 is 0. The van der Waals surface area contributed by atoms with Gasteiger partial charge in [-0.25, -0.2) is 0 Å². The molecule has 32 heavy (non-hydrogen) atoms. The molecule has 0 radical (unpaired) electrons. The fraction of sp³-hybridized carbons (Fsp3) is 0.786. The van der Waals surface area contributed by atoms with Gasteiger partial charge in [0, 0.05) is 12.5 Å². The van der Waals surface area contributed by atoms with Crippen LogP contribution in [0.1, 0.15) is 85.0 Å². The summed E-state index contributed by atoms with van der Waals surface area (Å²) in [5.74, 6) is 1.71. The van der Waals surface area contributed by atoms with Gasteiger partial charge in [0.05, 0.1) is 18.3 Å². The Labute approximate surface area is 195 Å². The summed E-state index contributed by atoms with van der Waals surface area (Å²) in [6, 6.07) is 0. The molecule has 0 aromatic carbocycles. The van der Waals surface area contributed by atoms with E-state index in [0.29, 0.717) is 35.7 Å². The highest BCUT2D eigenvalue weighted by atomic mass is 16.3. The Balaban J connectivity index is 1.71. The van der Waals surface area contributed by atoms with Gasteiger partial charge in [-0.2, -0.15) is 0 Å². The molecule has 4 heteroatoms. The van der Waals surface area contributed by atoms with Crippen LogP contribution in [0.4, 0.5) is 0 Å². The molecule has 3 fully saturated rings. The molecule has 0 bridgehead atoms. The van der Waals surface area contributed by atoms with E-state index in [9.17, 15) is 20.4 Å². The molecule has 3 saturated carbocycles. The van der Waals surface area contributed by atoms with Crippen molar-refractivity contribution in [2.45, 2.75) is 103 Å². The molecule has 8 atom stereocenters. The number of aliphatic hydroxyl groups is 4. The minimum absolute atomic E-state index is 0.0337. The minimum atomic E-state index is -0.787. The number of rotatable bonds is 8. The van der Waals surface area contributed by atoms with Gasteiger partial charge in [-0.1, -0.05) is 51.0 Å². The summed E-state index contributed by atoms with van der Waals surface area (Å²) in [7, 11) is 0. The second-order valence-electron chi connectivity index (χ2n) is 11.2. The van der Waals surface area contributed by atoms with Crippen LogP contribution in [0.5, 0.6) is 0 Å². The van der Waals surface area contributed by atoms with Crippen molar-refractivity contribution in [2.75, 3.05) is 6.61 Å². The van der Waals surface area contributed by atoms with E-state index in [1.165, 1.54) is 37.7 Å². The molecular weight excluding hydrogens is 400 g/mol. The van der Waals surface area contributed by atoms with E-state index in [1.54, 1.807) is 0 Å². The van der Waals surface area contributed by atoms with Crippen LogP contribution < -0.4 is 0 Å². The predicted molar refractivity (Wildman–Crippen MR) is 130 cm³/mol. The van der Waals surface area contributed by atoms with E-state index in [4.69, 9.17) is 0 Å². The van der Waals surface area contributed by atoms with Crippen LogP contribution in [0.2, 0.25) is 0 Å². The Morgan fingerprint density at radius 1 is 1.16 bits per heavy atom. The molecule has 3 aliphatic carbocycles. The zero-order chi connectivity index (χ0) is 23.5. The first-order valence-electron chi connectivity index (χ1n) is 12.9. The van der Waals surface area contributed by atoms with Gasteiger partial charge in [0.15, 0.2) is 0 Å². The molecule has 3 unspecified atom stereocenters. The zero-order valence-corrected chi connectivity index (χ0v) is 20.5. The SMILES string of the molecule is C=C1/C(=C/C=C2/CCC[C@@]3(C)C2CC[C@@H]3C(C)CCCC(C)O)C[C@@H](O)[C@H](CCO)[C@@H]1O. The van der Waals surface area contributed by atoms with E-state index in [-0.39, 0.29) is 18.6 Å². The zero-order valence-electron chi connectivity index (χ0n) is 20.5. The van der Waals surface area contributed by atoms with E-state index in [0.717, 1.165) is 30.8 Å². The Morgan fingerprint density at radius 2 is 1.91 bits per heavy atom. The number of fused-ring (bicyclic) bond motifs is 1. The summed E-state index contributed by atoms with van der Waals surface area (Å²) < 4.78 is 0. The molecule has 0 spiro atoms. The van der Waals surface area contributed by atoms with Crippen molar-refractivity contribution < 1.29 is 20.4 Å². The summed E-state index contributed by atoms with van der Waals surface area (Å²) in [4.78, 5) is 0. The highest BCUT2D eigenvalue weighted by molar-refractivity contribution is 5.39. The highest BCUT2D eigenvalue weighted by Crippen LogP contribution is 2.60. The van der Waals surface area contributed by atoms with Gasteiger partial charge < -0.3 is 20.4 Å². The second kappa shape index (κ2) is 11.0. The monoisotopic (exact) mass is 446 g/mol. The molecule has 0 aromatic rings. The van der Waals surface area contributed by atoms with E-state index in [1.807, 2.05) is 6.92 Å². The van der Waals surface area contributed by atoms with Crippen LogP contribution in [0.25, 0.3) is 0 Å². The molecule has 0 aromatic heterocycles. The Hall–Kier alpha value is -0.940. The largest absolute Gasteiger partial charge is 0.396 e. The standard InChI is InChI=1S/C28H46O4/c1-18(7-5-8-19(2)30)24-12-13-25-21(9-6-15-28(24,25)4)10-11-22-17-26(31)23(14-16-29)27(32)20(22)3/h10-11,18-19,23-27,29-32H,3,5-9,12-17H2,1-2,4H3/b21-10-,22-11+/t18?,19?,23-,24+,25?,26+,27+,28+/m0/s1. The lowest BCUT2D eigenvalue weighted by Gasteiger charge is -2.44. The van der Waals surface area contributed by atoms with Crippen molar-refractivity contribution in [3.63, 3.8) is 0 Å². The summed E-state index contributed by atoms with van der Waals surface area (Å²) in [5.41, 5.74) is 3.51. The molecule has 3 rings (SSSR count). The first-order valence-corrected chi connectivity index (χ1v) is 12.9. The van der Waals surface area contributed by atoms with Gasteiger partial charge >= 0.3 is 0 Å². The molecule has 0 saturated heterocycles. The van der Waals surface area contributed by atoms with Crippen LogP contribution in [-0.2, 0) is 0 Å². The summed E-state index contributed by atoms with van der Waals surface area (Å²) in [6.07, 6.45) is 13.0. The lowest BCUT2D eigenvalue weighted by atomic mass is 9.60. The van der Waals surface area contributed by atoms with Gasteiger partial charge in [-0.05, 0) is 92.6 Å². The predicted octanol–water partition coefficient (Wildman–Crippen LogP) is 4.92. The van der Waals surface area contributed by atoms with Crippen molar-refractivity contribution in [3.05, 3.63) is 35.5 Å². The molecule has 4 N–H and O–H groups in total. The fourth-order valence-corrected chi connectivity index (χ4v) is 7.20. The number of aliphatic hydroxyl groups excluding tert-OH is 4. The van der Waals surface area contributed by atoms with Crippen LogP contribution >= 0.6 is 0 Å². The van der Waals surface area contributed by atoms with Crippen LogP contribution in [0, 0.1) is 29.1 Å². The lowest BCUT2D eigenvalue weighted by molar-refractivity contribution is 0.00609. The first kappa shape index (κ1) is 25.7. The number of hydrogen-bond acceptors (Lipinski definition) is 4. The first-order chi connectivity index (χ1) is 15.2. The quantitative estimate of drug-likeness (QED) is 0.426. The lowest BCUT2D eigenvalue weighted by Crippen LogP contribution is -2.39. The Kier molecular flexibility index (Phi) is 8.82. The topological polar surface area (TPSA) is 80.9 Å². The number of allylic oxidation sites excluding steroid dienone is 3. The Morgan fingerprint density at radius 3 is 2.59 bits per heavy atom. The second-order valence-corrected chi connectivity index (χ2v) is 11.2. The van der Waals surface area contributed by atoms with Crippen molar-refractivity contribution in [1.29, 1.82) is 0 Å². The Bertz CT molecular complexity index is 708. The van der Waals surface area contributed by atoms with E-state index >= 15 is 0 Å². The smallest absolute Gasteiger partial charge is 0.0840 e. The van der Waals surface area contributed by atoms with Crippen LogP contribution in [0.15, 0.2) is 35.5 Å². The van der Waals surface area contributed by atoms with E-state index in [2.05, 4.69) is 32.6 Å². The van der Waals surface area contributed by atoms with Crippen molar-refractivity contribution in [3.8, 4) is 0 Å². The molecule has 0 aliphatic heterocycles. The average molecular weight is 447 g/mol. The molecule has 0 heterocycles. The normalized spacial score (nSPS) is 40.0. The van der Waals surface area contributed by atoms with Crippen molar-refractivity contribution in [1.82, 2.24) is 0 Å². The summed E-state index contributed by atoms with van der Waals surface area (Å²) in [6.45, 7) is 10.9. The highest BCUT2D eigenvalue weighted by Gasteiger charge is 2.50. The van der Waals surface area contributed by atoms with Gasteiger partial charge in [-0.15, -0.1) is 0 Å². The maximum Gasteiger partial charge on any atom is 0.0840 e. The molecular formula is C28H46O4. The average Bonchev–Trinajstić information content (AvgIpc) is 3.10. The maximum absolute atomic E-state index is 10.6. The van der Waals surface area contributed by atoms with E-state index < -0.39 is 12.2 Å². The minimum Gasteiger partial charge on any atom is -0.396 e. The van der Waals surface area contributed by atoms with Gasteiger partial charge in [0.2, 0.25) is 0 Å².